The number of ether oxygens (including phenoxy) is 2. The number of rotatable bonds is 6. The molecule has 0 spiro atoms. The van der Waals surface area contributed by atoms with Crippen molar-refractivity contribution in [3.05, 3.63) is 106 Å². The van der Waals surface area contributed by atoms with Gasteiger partial charge in [-0.2, -0.15) is 5.10 Å². The van der Waals surface area contributed by atoms with Crippen molar-refractivity contribution in [1.82, 2.24) is 5.43 Å². The summed E-state index contributed by atoms with van der Waals surface area (Å²) in [5, 5.41) is 6.07. The van der Waals surface area contributed by atoms with E-state index >= 15 is 0 Å². The van der Waals surface area contributed by atoms with Crippen molar-refractivity contribution in [2.24, 2.45) is 5.10 Å². The smallest absolute Gasteiger partial charge is 0.343 e. The molecule has 0 aliphatic carbocycles. The van der Waals surface area contributed by atoms with Crippen LogP contribution in [0.15, 0.2) is 94.5 Å². The number of methoxy groups -OCH3 is 1. The van der Waals surface area contributed by atoms with E-state index in [-0.39, 0.29) is 5.91 Å². The SMILES string of the molecule is COc1ccc(C(=O)Oc2ccc(Br)cc2/C=N\NC(=O)c2ccc3ccccc3c2)cc1. The highest BCUT2D eigenvalue weighted by molar-refractivity contribution is 9.10. The first-order valence-corrected chi connectivity index (χ1v) is 10.8. The molecule has 0 bridgehead atoms. The minimum atomic E-state index is -0.519. The first-order valence-electron chi connectivity index (χ1n) is 10.0. The topological polar surface area (TPSA) is 77.0 Å². The zero-order valence-corrected chi connectivity index (χ0v) is 19.2. The van der Waals surface area contributed by atoms with Gasteiger partial charge in [-0.3, -0.25) is 4.79 Å². The van der Waals surface area contributed by atoms with Crippen molar-refractivity contribution in [2.45, 2.75) is 0 Å². The third kappa shape index (κ3) is 5.45. The van der Waals surface area contributed by atoms with Gasteiger partial charge in [0, 0.05) is 15.6 Å². The van der Waals surface area contributed by atoms with Crippen LogP contribution in [0.3, 0.4) is 0 Å². The predicted octanol–water partition coefficient (Wildman–Crippen LogP) is 5.59. The van der Waals surface area contributed by atoms with Crippen LogP contribution in [0.1, 0.15) is 26.3 Å². The Labute approximate surface area is 199 Å². The molecule has 0 unspecified atom stereocenters. The van der Waals surface area contributed by atoms with Crippen LogP contribution < -0.4 is 14.9 Å². The molecule has 4 aromatic carbocycles. The highest BCUT2D eigenvalue weighted by Gasteiger charge is 2.12. The van der Waals surface area contributed by atoms with Gasteiger partial charge in [0.05, 0.1) is 18.9 Å². The monoisotopic (exact) mass is 502 g/mol. The molecule has 0 aliphatic rings. The Kier molecular flexibility index (Phi) is 6.80. The normalized spacial score (nSPS) is 10.8. The molecule has 1 amide bonds. The van der Waals surface area contributed by atoms with E-state index in [2.05, 4.69) is 26.5 Å². The molecule has 164 valence electrons. The maximum Gasteiger partial charge on any atom is 0.343 e. The second-order valence-electron chi connectivity index (χ2n) is 7.06. The third-order valence-corrected chi connectivity index (χ3v) is 5.37. The van der Waals surface area contributed by atoms with Crippen molar-refractivity contribution in [3.8, 4) is 11.5 Å². The maximum absolute atomic E-state index is 12.5. The second-order valence-corrected chi connectivity index (χ2v) is 7.98. The second kappa shape index (κ2) is 10.1. The van der Waals surface area contributed by atoms with Gasteiger partial charge in [0.25, 0.3) is 5.91 Å². The minimum absolute atomic E-state index is 0.308. The van der Waals surface area contributed by atoms with Crippen LogP contribution in [0.2, 0.25) is 0 Å². The Morgan fingerprint density at radius 3 is 2.36 bits per heavy atom. The van der Waals surface area contributed by atoms with Gasteiger partial charge in [-0.15, -0.1) is 0 Å². The average Bonchev–Trinajstić information content (AvgIpc) is 2.85. The maximum atomic E-state index is 12.5. The van der Waals surface area contributed by atoms with E-state index in [1.54, 1.807) is 61.7 Å². The number of hydrogen-bond donors (Lipinski definition) is 1. The molecule has 0 fully saturated rings. The van der Waals surface area contributed by atoms with Crippen molar-refractivity contribution >= 4 is 44.8 Å². The molecule has 1 N–H and O–H groups in total. The molecule has 4 rings (SSSR count). The molecule has 0 saturated heterocycles. The molecule has 33 heavy (non-hydrogen) atoms. The van der Waals surface area contributed by atoms with Gasteiger partial charge in [-0.25, -0.2) is 10.2 Å². The van der Waals surface area contributed by atoms with Crippen molar-refractivity contribution in [3.63, 3.8) is 0 Å². The third-order valence-electron chi connectivity index (χ3n) is 4.88. The highest BCUT2D eigenvalue weighted by atomic mass is 79.9. The van der Waals surface area contributed by atoms with E-state index in [0.29, 0.717) is 28.2 Å². The van der Waals surface area contributed by atoms with E-state index in [0.717, 1.165) is 15.2 Å². The highest BCUT2D eigenvalue weighted by Crippen LogP contribution is 2.23. The number of carbonyl (C=O) groups is 2. The van der Waals surface area contributed by atoms with Crippen LogP contribution in [0.4, 0.5) is 0 Å². The number of carbonyl (C=O) groups excluding carboxylic acids is 2. The number of nitrogens with one attached hydrogen (secondary N) is 1. The van der Waals surface area contributed by atoms with Crippen LogP contribution >= 0.6 is 15.9 Å². The Morgan fingerprint density at radius 1 is 0.879 bits per heavy atom. The van der Waals surface area contributed by atoms with Crippen molar-refractivity contribution in [1.29, 1.82) is 0 Å². The van der Waals surface area contributed by atoms with Crippen molar-refractivity contribution < 1.29 is 19.1 Å². The summed E-state index contributed by atoms with van der Waals surface area (Å²) in [5.41, 5.74) is 3.91. The summed E-state index contributed by atoms with van der Waals surface area (Å²) in [6, 6.07) is 25.0. The van der Waals surface area contributed by atoms with E-state index < -0.39 is 5.97 Å². The van der Waals surface area contributed by atoms with Gasteiger partial charge in [0.15, 0.2) is 0 Å². The molecule has 0 aromatic heterocycles. The minimum Gasteiger partial charge on any atom is -0.497 e. The number of esters is 1. The summed E-state index contributed by atoms with van der Waals surface area (Å²) in [4.78, 5) is 25.1. The summed E-state index contributed by atoms with van der Waals surface area (Å²) in [6.45, 7) is 0. The fourth-order valence-electron chi connectivity index (χ4n) is 3.15. The molecule has 0 atom stereocenters. The number of nitrogens with zero attached hydrogens (tertiary/aromatic N) is 1. The lowest BCUT2D eigenvalue weighted by Crippen LogP contribution is -2.17. The molecule has 7 heteroatoms. The number of halogens is 1. The van der Waals surface area contributed by atoms with Gasteiger partial charge in [0.2, 0.25) is 0 Å². The predicted molar refractivity (Wildman–Crippen MR) is 131 cm³/mol. The van der Waals surface area contributed by atoms with Gasteiger partial charge >= 0.3 is 5.97 Å². The molecule has 0 aliphatic heterocycles. The fourth-order valence-corrected chi connectivity index (χ4v) is 3.53. The largest absolute Gasteiger partial charge is 0.497 e. The molecular weight excluding hydrogens is 484 g/mol. The average molecular weight is 503 g/mol. The number of benzene rings is 4. The molecule has 0 radical (unpaired) electrons. The summed E-state index contributed by atoms with van der Waals surface area (Å²) < 4.78 is 11.4. The number of fused-ring (bicyclic) bond motifs is 1. The number of hydrazone groups is 1. The Hall–Kier alpha value is -3.97. The zero-order valence-electron chi connectivity index (χ0n) is 17.6. The summed E-state index contributed by atoms with van der Waals surface area (Å²) >= 11 is 3.40. The first-order chi connectivity index (χ1) is 16.0. The first kappa shape index (κ1) is 22.2. The van der Waals surface area contributed by atoms with E-state index in [9.17, 15) is 9.59 Å². The Morgan fingerprint density at radius 2 is 1.61 bits per heavy atom. The molecule has 0 saturated carbocycles. The number of amides is 1. The summed E-state index contributed by atoms with van der Waals surface area (Å²) in [6.07, 6.45) is 1.43. The molecule has 6 nitrogen and oxygen atoms in total. The molecular formula is C26H19BrN2O4. The van der Waals surface area contributed by atoms with Gasteiger partial charge in [0.1, 0.15) is 11.5 Å². The molecule has 0 heterocycles. The molecule has 4 aromatic rings. The lowest BCUT2D eigenvalue weighted by Gasteiger charge is -2.09. The fraction of sp³-hybridized carbons (Fsp3) is 0.0385. The quantitative estimate of drug-likeness (QED) is 0.161. The van der Waals surface area contributed by atoms with Gasteiger partial charge in [-0.1, -0.05) is 46.3 Å². The van der Waals surface area contributed by atoms with Crippen LogP contribution in [-0.4, -0.2) is 25.2 Å². The van der Waals surface area contributed by atoms with Crippen LogP contribution in [0.5, 0.6) is 11.5 Å². The van der Waals surface area contributed by atoms with Crippen LogP contribution in [0, 0.1) is 0 Å². The standard InChI is InChI=1S/C26H19BrN2O4/c1-32-23-11-8-18(9-12-23)26(31)33-24-13-10-22(27)15-21(24)16-28-29-25(30)20-7-6-17-4-2-3-5-19(17)14-20/h2-16H,1H3,(H,29,30)/b28-16-. The Balaban J connectivity index is 1.48. The lowest BCUT2D eigenvalue weighted by atomic mass is 10.1. The Bertz CT molecular complexity index is 1350. The van der Waals surface area contributed by atoms with Gasteiger partial charge < -0.3 is 9.47 Å². The summed E-state index contributed by atoms with van der Waals surface area (Å²) in [5.74, 6) is 0.0893. The van der Waals surface area contributed by atoms with E-state index in [4.69, 9.17) is 9.47 Å². The van der Waals surface area contributed by atoms with Crippen molar-refractivity contribution in [2.75, 3.05) is 7.11 Å². The zero-order chi connectivity index (χ0) is 23.2. The van der Waals surface area contributed by atoms with Gasteiger partial charge in [-0.05, 0) is 65.4 Å². The number of hydrogen-bond acceptors (Lipinski definition) is 5. The lowest BCUT2D eigenvalue weighted by molar-refractivity contribution is 0.0734. The summed E-state index contributed by atoms with van der Waals surface area (Å²) in [7, 11) is 1.56. The van der Waals surface area contributed by atoms with E-state index in [1.807, 2.05) is 30.3 Å². The van der Waals surface area contributed by atoms with Crippen LogP contribution in [0.25, 0.3) is 10.8 Å². The van der Waals surface area contributed by atoms with E-state index in [1.165, 1.54) is 6.21 Å². The van der Waals surface area contributed by atoms with Crippen LogP contribution in [-0.2, 0) is 0 Å².